The SMILES string of the molecule is CC(C)C(O)C1C2C3CCC(C3)C21. The highest BCUT2D eigenvalue weighted by Gasteiger charge is 2.66. The van der Waals surface area contributed by atoms with Crippen LogP contribution in [0.25, 0.3) is 0 Å². The first-order chi connectivity index (χ1) is 6.20. The van der Waals surface area contributed by atoms with E-state index in [4.69, 9.17) is 0 Å². The van der Waals surface area contributed by atoms with Gasteiger partial charge < -0.3 is 5.11 Å². The summed E-state index contributed by atoms with van der Waals surface area (Å²) >= 11 is 0. The zero-order valence-corrected chi connectivity index (χ0v) is 8.61. The molecule has 0 saturated heterocycles. The van der Waals surface area contributed by atoms with Crippen molar-refractivity contribution in [2.24, 2.45) is 35.5 Å². The molecule has 0 amide bonds. The van der Waals surface area contributed by atoms with Crippen molar-refractivity contribution < 1.29 is 5.11 Å². The van der Waals surface area contributed by atoms with Crippen molar-refractivity contribution in [1.82, 2.24) is 0 Å². The van der Waals surface area contributed by atoms with Crippen molar-refractivity contribution in [3.63, 3.8) is 0 Å². The molecule has 0 heterocycles. The Balaban J connectivity index is 1.72. The van der Waals surface area contributed by atoms with Crippen LogP contribution in [0.3, 0.4) is 0 Å². The molecule has 1 N–H and O–H groups in total. The van der Waals surface area contributed by atoms with E-state index < -0.39 is 0 Å². The molecule has 3 saturated carbocycles. The maximum absolute atomic E-state index is 10.0. The summed E-state index contributed by atoms with van der Waals surface area (Å²) in [5.41, 5.74) is 0. The molecule has 0 aliphatic heterocycles. The first-order valence-electron chi connectivity index (χ1n) is 5.88. The van der Waals surface area contributed by atoms with Crippen molar-refractivity contribution in [3.8, 4) is 0 Å². The van der Waals surface area contributed by atoms with Gasteiger partial charge in [-0.1, -0.05) is 13.8 Å². The average molecular weight is 180 g/mol. The van der Waals surface area contributed by atoms with Crippen LogP contribution in [0.2, 0.25) is 0 Å². The number of fused-ring (bicyclic) bond motifs is 5. The second kappa shape index (κ2) is 2.50. The standard InChI is InChI=1S/C12H20O/c1-6(2)12(13)11-9-7-3-4-8(5-7)10(9)11/h6-13H,3-5H2,1-2H3. The fourth-order valence-corrected chi connectivity index (χ4v) is 4.29. The van der Waals surface area contributed by atoms with Gasteiger partial charge in [-0.15, -0.1) is 0 Å². The minimum Gasteiger partial charge on any atom is -0.393 e. The molecule has 5 unspecified atom stereocenters. The molecular weight excluding hydrogens is 160 g/mol. The third-order valence-corrected chi connectivity index (χ3v) is 4.87. The predicted octanol–water partition coefficient (Wildman–Crippen LogP) is 2.30. The van der Waals surface area contributed by atoms with Gasteiger partial charge in [0.15, 0.2) is 0 Å². The maximum Gasteiger partial charge on any atom is 0.0596 e. The molecule has 1 heteroatoms. The van der Waals surface area contributed by atoms with Crippen LogP contribution < -0.4 is 0 Å². The van der Waals surface area contributed by atoms with Crippen LogP contribution in [-0.2, 0) is 0 Å². The van der Waals surface area contributed by atoms with E-state index in [-0.39, 0.29) is 6.10 Å². The summed E-state index contributed by atoms with van der Waals surface area (Å²) in [5.74, 6) is 5.07. The summed E-state index contributed by atoms with van der Waals surface area (Å²) in [6.45, 7) is 4.31. The van der Waals surface area contributed by atoms with Gasteiger partial charge >= 0.3 is 0 Å². The summed E-state index contributed by atoms with van der Waals surface area (Å²) in [6.07, 6.45) is 4.43. The molecule has 3 rings (SSSR count). The van der Waals surface area contributed by atoms with Gasteiger partial charge in [0.2, 0.25) is 0 Å². The van der Waals surface area contributed by atoms with Gasteiger partial charge in [0.1, 0.15) is 0 Å². The molecule has 3 aliphatic rings. The van der Waals surface area contributed by atoms with Crippen molar-refractivity contribution in [1.29, 1.82) is 0 Å². The number of hydrogen-bond donors (Lipinski definition) is 1. The number of rotatable bonds is 2. The molecule has 3 aliphatic carbocycles. The quantitative estimate of drug-likeness (QED) is 0.691. The second-order valence-electron chi connectivity index (χ2n) is 5.80. The maximum atomic E-state index is 10.0. The molecule has 0 aromatic heterocycles. The molecule has 0 spiro atoms. The smallest absolute Gasteiger partial charge is 0.0596 e. The Morgan fingerprint density at radius 3 is 2.08 bits per heavy atom. The Kier molecular flexibility index (Phi) is 1.59. The van der Waals surface area contributed by atoms with Gasteiger partial charge in [0, 0.05) is 0 Å². The highest BCUT2D eigenvalue weighted by atomic mass is 16.3. The third-order valence-electron chi connectivity index (χ3n) is 4.87. The second-order valence-corrected chi connectivity index (χ2v) is 5.80. The monoisotopic (exact) mass is 180 g/mol. The summed E-state index contributed by atoms with van der Waals surface area (Å²) in [5, 5.41) is 10.0. The van der Waals surface area contributed by atoms with Crippen LogP contribution in [0.15, 0.2) is 0 Å². The molecule has 3 fully saturated rings. The van der Waals surface area contributed by atoms with Crippen molar-refractivity contribution in [2.75, 3.05) is 0 Å². The summed E-state index contributed by atoms with van der Waals surface area (Å²) in [4.78, 5) is 0. The van der Waals surface area contributed by atoms with Gasteiger partial charge in [0.05, 0.1) is 6.10 Å². The van der Waals surface area contributed by atoms with Crippen LogP contribution >= 0.6 is 0 Å². The van der Waals surface area contributed by atoms with Crippen LogP contribution in [-0.4, -0.2) is 11.2 Å². The third kappa shape index (κ3) is 0.971. The Morgan fingerprint density at radius 1 is 1.08 bits per heavy atom. The lowest BCUT2D eigenvalue weighted by Crippen LogP contribution is -2.21. The Morgan fingerprint density at radius 2 is 1.62 bits per heavy atom. The van der Waals surface area contributed by atoms with Gasteiger partial charge in [-0.25, -0.2) is 0 Å². The van der Waals surface area contributed by atoms with Gasteiger partial charge in [-0.05, 0) is 54.8 Å². The molecule has 0 radical (unpaired) electrons. The van der Waals surface area contributed by atoms with Gasteiger partial charge in [-0.3, -0.25) is 0 Å². The van der Waals surface area contributed by atoms with Crippen LogP contribution in [0.4, 0.5) is 0 Å². The normalized spacial score (nSPS) is 54.0. The molecule has 0 aromatic rings. The fourth-order valence-electron chi connectivity index (χ4n) is 4.29. The average Bonchev–Trinajstić information content (AvgIpc) is 2.52. The summed E-state index contributed by atoms with van der Waals surface area (Å²) in [6, 6.07) is 0. The minimum atomic E-state index is -0.00148. The summed E-state index contributed by atoms with van der Waals surface area (Å²) < 4.78 is 0. The van der Waals surface area contributed by atoms with E-state index in [2.05, 4.69) is 13.8 Å². The fraction of sp³-hybridized carbons (Fsp3) is 1.00. The minimum absolute atomic E-state index is 0.00148. The van der Waals surface area contributed by atoms with Crippen LogP contribution in [0.1, 0.15) is 33.1 Å². The number of aliphatic hydroxyl groups is 1. The zero-order chi connectivity index (χ0) is 9.16. The Hall–Kier alpha value is -0.0400. The van der Waals surface area contributed by atoms with E-state index in [0.29, 0.717) is 11.8 Å². The van der Waals surface area contributed by atoms with Crippen molar-refractivity contribution >= 4 is 0 Å². The van der Waals surface area contributed by atoms with Crippen molar-refractivity contribution in [2.45, 2.75) is 39.2 Å². The van der Waals surface area contributed by atoms with Crippen LogP contribution in [0, 0.1) is 35.5 Å². The molecule has 13 heavy (non-hydrogen) atoms. The van der Waals surface area contributed by atoms with E-state index >= 15 is 0 Å². The Labute approximate surface area is 80.5 Å². The van der Waals surface area contributed by atoms with Gasteiger partial charge in [-0.2, -0.15) is 0 Å². The van der Waals surface area contributed by atoms with E-state index in [0.717, 1.165) is 23.7 Å². The van der Waals surface area contributed by atoms with E-state index in [9.17, 15) is 5.11 Å². The van der Waals surface area contributed by atoms with Gasteiger partial charge in [0.25, 0.3) is 0 Å². The molecule has 0 aromatic carbocycles. The lowest BCUT2D eigenvalue weighted by atomic mass is 9.93. The van der Waals surface area contributed by atoms with E-state index in [1.165, 1.54) is 19.3 Å². The zero-order valence-electron chi connectivity index (χ0n) is 8.61. The first-order valence-corrected chi connectivity index (χ1v) is 5.88. The molecule has 74 valence electrons. The number of hydrogen-bond acceptors (Lipinski definition) is 1. The number of aliphatic hydroxyl groups excluding tert-OH is 1. The van der Waals surface area contributed by atoms with E-state index in [1.54, 1.807) is 0 Å². The largest absolute Gasteiger partial charge is 0.393 e. The highest BCUT2D eigenvalue weighted by molar-refractivity contribution is 5.14. The predicted molar refractivity (Wildman–Crippen MR) is 52.1 cm³/mol. The van der Waals surface area contributed by atoms with Crippen molar-refractivity contribution in [3.05, 3.63) is 0 Å². The molecule has 5 atom stereocenters. The molecule has 2 bridgehead atoms. The van der Waals surface area contributed by atoms with Crippen LogP contribution in [0.5, 0.6) is 0 Å². The van der Waals surface area contributed by atoms with E-state index in [1.807, 2.05) is 0 Å². The molecular formula is C12H20O. The summed E-state index contributed by atoms with van der Waals surface area (Å²) in [7, 11) is 0. The highest BCUT2D eigenvalue weighted by Crippen LogP contribution is 2.70. The lowest BCUT2D eigenvalue weighted by molar-refractivity contribution is 0.0842. The topological polar surface area (TPSA) is 20.2 Å². The first kappa shape index (κ1) is 8.28. The Bertz CT molecular complexity index is 207. The lowest BCUT2D eigenvalue weighted by Gasteiger charge is -2.18. The molecule has 1 nitrogen and oxygen atoms in total.